The van der Waals surface area contributed by atoms with Crippen LogP contribution in [0.5, 0.6) is 0 Å². The highest BCUT2D eigenvalue weighted by molar-refractivity contribution is 6.41. The van der Waals surface area contributed by atoms with E-state index in [1.165, 1.54) is 0 Å². The third-order valence-electron chi connectivity index (χ3n) is 0.320. The van der Waals surface area contributed by atoms with Gasteiger partial charge in [-0.2, -0.15) is 0 Å². The number of rotatable bonds is 3. The summed E-state index contributed by atoms with van der Waals surface area (Å²) >= 11 is 0. The lowest BCUT2D eigenvalue weighted by molar-refractivity contribution is 0.284. The van der Waals surface area contributed by atoms with Gasteiger partial charge in [-0.25, -0.2) is 0 Å². The maximum absolute atomic E-state index is 7.98. The Morgan fingerprint density at radius 2 is 2.14 bits per heavy atom. The summed E-state index contributed by atoms with van der Waals surface area (Å²) in [4.78, 5) is 0. The van der Waals surface area contributed by atoms with Crippen molar-refractivity contribution in [2.24, 2.45) is 0 Å². The van der Waals surface area contributed by atoms with E-state index >= 15 is 0 Å². The zero-order valence-electron chi connectivity index (χ0n) is 3.61. The smallest absolute Gasteiger partial charge is 0.429 e. The van der Waals surface area contributed by atoms with Gasteiger partial charge in [0.1, 0.15) is 0 Å². The van der Waals surface area contributed by atoms with Crippen molar-refractivity contribution in [2.45, 2.75) is 0 Å². The van der Waals surface area contributed by atoms with E-state index in [-0.39, 0.29) is 6.51 Å². The minimum Gasteiger partial charge on any atom is -0.429 e. The Balaban J connectivity index is 2.68. The average Bonchev–Trinajstić information content (AvgIpc) is 1.61. The zero-order valence-corrected chi connectivity index (χ0v) is 3.61. The predicted molar refractivity (Wildman–Crippen MR) is 24.1 cm³/mol. The van der Waals surface area contributed by atoms with Crippen LogP contribution >= 0.6 is 0 Å². The Morgan fingerprint density at radius 3 is 2.29 bits per heavy atom. The standard InChI is InChI=1S/CH5B2O4/c4-2-7-1-3(5)6/h4-6H,1H2. The number of hydrogen-bond donors (Lipinski definition) is 3. The second-order valence-corrected chi connectivity index (χ2v) is 0.919. The molecule has 0 spiro atoms. The molecule has 0 saturated heterocycles. The number of hydrogen-bond acceptors (Lipinski definition) is 4. The van der Waals surface area contributed by atoms with E-state index in [9.17, 15) is 0 Å². The van der Waals surface area contributed by atoms with E-state index in [2.05, 4.69) is 4.65 Å². The Morgan fingerprint density at radius 1 is 1.57 bits per heavy atom. The third-order valence-corrected chi connectivity index (χ3v) is 0.320. The molecule has 0 aliphatic heterocycles. The van der Waals surface area contributed by atoms with Crippen LogP contribution in [-0.2, 0) is 4.65 Å². The molecule has 7 heavy (non-hydrogen) atoms. The van der Waals surface area contributed by atoms with Crippen LogP contribution in [0, 0.1) is 0 Å². The lowest BCUT2D eigenvalue weighted by atomic mass is 9.94. The van der Waals surface area contributed by atoms with E-state index in [1.54, 1.807) is 0 Å². The molecule has 0 fully saturated rings. The summed E-state index contributed by atoms with van der Waals surface area (Å²) in [5.41, 5.74) is 0. The van der Waals surface area contributed by atoms with Gasteiger partial charge in [0.25, 0.3) is 0 Å². The first-order chi connectivity index (χ1) is 3.27. The molecule has 0 saturated carbocycles. The molecule has 0 aromatic rings. The van der Waals surface area contributed by atoms with Gasteiger partial charge < -0.3 is 19.7 Å². The van der Waals surface area contributed by atoms with Crippen molar-refractivity contribution < 1.29 is 19.7 Å². The van der Waals surface area contributed by atoms with Gasteiger partial charge in [-0.05, 0) is 0 Å². The highest BCUT2D eigenvalue weighted by atomic mass is 16.5. The molecule has 3 N–H and O–H groups in total. The van der Waals surface area contributed by atoms with Crippen LogP contribution in [0.3, 0.4) is 0 Å². The Bertz CT molecular complexity index is 38.7. The fourth-order valence-corrected chi connectivity index (χ4v) is 0.129. The summed E-state index contributed by atoms with van der Waals surface area (Å²) in [6.45, 7) is -0.295. The average molecular weight is 103 g/mol. The van der Waals surface area contributed by atoms with Gasteiger partial charge in [0.15, 0.2) is 0 Å². The molecule has 0 heterocycles. The van der Waals surface area contributed by atoms with Crippen molar-refractivity contribution >= 4 is 14.8 Å². The molecule has 0 aliphatic carbocycles. The summed E-state index contributed by atoms with van der Waals surface area (Å²) in [6.07, 6.45) is 0. The van der Waals surface area contributed by atoms with Crippen molar-refractivity contribution in [1.82, 2.24) is 0 Å². The first-order valence-corrected chi connectivity index (χ1v) is 1.71. The molecule has 0 aromatic carbocycles. The summed E-state index contributed by atoms with van der Waals surface area (Å²) in [5, 5.41) is 23.7. The van der Waals surface area contributed by atoms with Crippen LogP contribution in [0.4, 0.5) is 0 Å². The molecular formula is CH5B2O4. The first-order valence-electron chi connectivity index (χ1n) is 1.71. The summed E-state index contributed by atoms with van der Waals surface area (Å²) in [6, 6.07) is 0. The van der Waals surface area contributed by atoms with Crippen molar-refractivity contribution in [3.8, 4) is 0 Å². The maximum atomic E-state index is 7.98. The lowest BCUT2D eigenvalue weighted by Crippen LogP contribution is -2.21. The van der Waals surface area contributed by atoms with Gasteiger partial charge >= 0.3 is 14.8 Å². The summed E-state index contributed by atoms with van der Waals surface area (Å²) < 4.78 is 4.03. The molecule has 0 amide bonds. The van der Waals surface area contributed by atoms with Gasteiger partial charge in [0.2, 0.25) is 0 Å². The van der Waals surface area contributed by atoms with E-state index in [0.29, 0.717) is 7.69 Å². The van der Waals surface area contributed by atoms with E-state index < -0.39 is 7.12 Å². The van der Waals surface area contributed by atoms with Crippen LogP contribution in [0.2, 0.25) is 0 Å². The van der Waals surface area contributed by atoms with Gasteiger partial charge in [0.05, 0.1) is 6.51 Å². The van der Waals surface area contributed by atoms with Crippen molar-refractivity contribution in [1.29, 1.82) is 0 Å². The van der Waals surface area contributed by atoms with Crippen LogP contribution in [0.25, 0.3) is 0 Å². The van der Waals surface area contributed by atoms with Gasteiger partial charge in [-0.15, -0.1) is 0 Å². The highest BCUT2D eigenvalue weighted by Gasteiger charge is 2.04. The van der Waals surface area contributed by atoms with Gasteiger partial charge in [-0.3, -0.25) is 0 Å². The molecule has 0 bridgehead atoms. The Kier molecular flexibility index (Phi) is 4.12. The second-order valence-electron chi connectivity index (χ2n) is 0.919. The van der Waals surface area contributed by atoms with Crippen LogP contribution in [0.1, 0.15) is 0 Å². The SMILES string of the molecule is O[B]OCB(O)O. The van der Waals surface area contributed by atoms with Crippen molar-refractivity contribution in [3.63, 3.8) is 0 Å². The van der Waals surface area contributed by atoms with E-state index in [1.807, 2.05) is 0 Å². The van der Waals surface area contributed by atoms with Crippen LogP contribution in [-0.4, -0.2) is 36.4 Å². The fraction of sp³-hybridized carbons (Fsp3) is 1.00. The van der Waals surface area contributed by atoms with Gasteiger partial charge in [-0.1, -0.05) is 0 Å². The third kappa shape index (κ3) is 5.97. The minimum absolute atomic E-state index is 0.295. The quantitative estimate of drug-likeness (QED) is 0.346. The van der Waals surface area contributed by atoms with E-state index in [4.69, 9.17) is 15.1 Å². The molecule has 39 valence electrons. The van der Waals surface area contributed by atoms with Crippen LogP contribution in [0.15, 0.2) is 0 Å². The molecule has 1 radical (unpaired) electrons. The predicted octanol–water partition coefficient (Wildman–Crippen LogP) is -2.46. The molecule has 4 nitrogen and oxygen atoms in total. The normalized spacial score (nSPS) is 8.43. The first kappa shape index (κ1) is 6.97. The Hall–Kier alpha value is -0.0301. The van der Waals surface area contributed by atoms with Gasteiger partial charge in [0, 0.05) is 0 Å². The lowest BCUT2D eigenvalue weighted by Gasteiger charge is -1.93. The molecule has 0 aliphatic rings. The van der Waals surface area contributed by atoms with Crippen LogP contribution < -0.4 is 0 Å². The summed E-state index contributed by atoms with van der Waals surface area (Å²) in [5.74, 6) is 0. The molecule has 6 heteroatoms. The van der Waals surface area contributed by atoms with Crippen molar-refractivity contribution in [3.05, 3.63) is 0 Å². The van der Waals surface area contributed by atoms with Crippen molar-refractivity contribution in [2.75, 3.05) is 6.51 Å². The Labute approximate surface area is 42.2 Å². The second kappa shape index (κ2) is 4.14. The topological polar surface area (TPSA) is 69.9 Å². The fourth-order valence-electron chi connectivity index (χ4n) is 0.129. The monoisotopic (exact) mass is 103 g/mol. The molecule has 0 aromatic heterocycles. The maximum Gasteiger partial charge on any atom is 0.484 e. The molecule has 0 atom stereocenters. The zero-order chi connectivity index (χ0) is 5.70. The summed E-state index contributed by atoms with van der Waals surface area (Å²) in [7, 11) is -1.11. The molecule has 0 rings (SSSR count). The van der Waals surface area contributed by atoms with E-state index in [0.717, 1.165) is 0 Å². The largest absolute Gasteiger partial charge is 0.484 e. The molecular weight excluding hydrogens is 97.6 g/mol. The molecule has 0 unspecified atom stereocenters. The highest BCUT2D eigenvalue weighted by Crippen LogP contribution is 1.68. The minimum atomic E-state index is -1.51.